The van der Waals surface area contributed by atoms with Crippen LogP contribution < -0.4 is 14.8 Å². The molecule has 0 saturated carbocycles. The van der Waals surface area contributed by atoms with E-state index >= 15 is 0 Å². The molecule has 1 atom stereocenters. The average molecular weight is 432 g/mol. The molecule has 2 aliphatic heterocycles. The highest BCUT2D eigenvalue weighted by molar-refractivity contribution is 7.11. The Bertz CT molecular complexity index is 1260. The number of rotatable bonds is 5. The maximum absolute atomic E-state index is 9.86. The molecule has 1 aliphatic carbocycles. The highest BCUT2D eigenvalue weighted by Gasteiger charge is 2.43. The molecule has 0 radical (unpaired) electrons. The number of nitrogens with zero attached hydrogens (tertiary/aromatic N) is 2. The van der Waals surface area contributed by atoms with Crippen molar-refractivity contribution in [3.05, 3.63) is 82.3 Å². The Labute approximate surface area is 184 Å². The van der Waals surface area contributed by atoms with Gasteiger partial charge in [0.1, 0.15) is 17.0 Å². The number of amidine groups is 1. The number of anilines is 1. The predicted octanol–water partition coefficient (Wildman–Crippen LogP) is 5.24. The molecule has 2 bridgehead atoms. The molecule has 6 nitrogen and oxygen atoms in total. The van der Waals surface area contributed by atoms with Crippen molar-refractivity contribution >= 4 is 34.2 Å². The van der Waals surface area contributed by atoms with Crippen molar-refractivity contribution in [2.24, 2.45) is 4.99 Å². The molecule has 0 fully saturated rings. The first kappa shape index (κ1) is 19.4. The van der Waals surface area contributed by atoms with Gasteiger partial charge in [0.25, 0.3) is 0 Å². The van der Waals surface area contributed by atoms with Gasteiger partial charge in [0.2, 0.25) is 0 Å². The van der Waals surface area contributed by atoms with Gasteiger partial charge in [0.15, 0.2) is 17.3 Å². The summed E-state index contributed by atoms with van der Waals surface area (Å²) in [5.41, 5.74) is 5.93. The summed E-state index contributed by atoms with van der Waals surface area (Å²) in [6.07, 6.45) is 2.97. The number of nitrogens with one attached hydrogen (secondary N) is 1. The van der Waals surface area contributed by atoms with Crippen molar-refractivity contribution in [3.8, 4) is 11.5 Å². The van der Waals surface area contributed by atoms with Gasteiger partial charge < -0.3 is 19.9 Å². The van der Waals surface area contributed by atoms with Crippen LogP contribution in [0, 0.1) is 0 Å². The summed E-state index contributed by atoms with van der Waals surface area (Å²) in [4.78, 5) is 10.9. The summed E-state index contributed by atoms with van der Waals surface area (Å²) in [5.74, 6) is 2.03. The molecule has 3 aromatic rings. The lowest BCUT2D eigenvalue weighted by atomic mass is 9.74. The fraction of sp³-hybridized carbons (Fsp3) is 0.167. The molecule has 0 spiro atoms. The molecule has 3 aliphatic rings. The second kappa shape index (κ2) is 7.28. The Morgan fingerprint density at radius 2 is 1.97 bits per heavy atom. The van der Waals surface area contributed by atoms with Crippen LogP contribution in [0.4, 0.5) is 5.69 Å². The standard InChI is InChI=1S/C24H21N3O3S/c1-14(28)15-5-4-6-17(9-15)24-11-16(12-24)22-21(25-13-31-22)23(27-24)26-18-7-8-19(29-2)20(10-18)30-3/h4-11,13,28H,1,12H2,2-3H3,(H,26,27). The molecule has 31 heavy (non-hydrogen) atoms. The number of aliphatic hydroxyl groups excluding tert-OH is 1. The van der Waals surface area contributed by atoms with E-state index in [-0.39, 0.29) is 5.76 Å². The monoisotopic (exact) mass is 431 g/mol. The smallest absolute Gasteiger partial charge is 0.162 e. The molecule has 1 unspecified atom stereocenters. The minimum absolute atomic E-state index is 0.0452. The lowest BCUT2D eigenvalue weighted by Crippen LogP contribution is -2.30. The van der Waals surface area contributed by atoms with Crippen LogP contribution in [0.2, 0.25) is 0 Å². The van der Waals surface area contributed by atoms with E-state index in [0.717, 1.165) is 28.2 Å². The second-order valence-electron chi connectivity index (χ2n) is 7.48. The highest BCUT2D eigenvalue weighted by atomic mass is 32.1. The zero-order valence-electron chi connectivity index (χ0n) is 17.2. The van der Waals surface area contributed by atoms with Crippen molar-refractivity contribution in [3.63, 3.8) is 0 Å². The fourth-order valence-corrected chi connectivity index (χ4v) is 4.83. The van der Waals surface area contributed by atoms with E-state index in [2.05, 4.69) is 23.0 Å². The van der Waals surface area contributed by atoms with E-state index in [9.17, 15) is 5.11 Å². The zero-order chi connectivity index (χ0) is 21.6. The van der Waals surface area contributed by atoms with Crippen LogP contribution in [-0.2, 0) is 5.54 Å². The molecular formula is C24H21N3O3S. The number of methoxy groups -OCH3 is 2. The fourth-order valence-electron chi connectivity index (χ4n) is 4.02. The Morgan fingerprint density at radius 1 is 1.16 bits per heavy atom. The van der Waals surface area contributed by atoms with Crippen LogP contribution in [0.25, 0.3) is 11.3 Å². The second-order valence-corrected chi connectivity index (χ2v) is 8.34. The van der Waals surface area contributed by atoms with Gasteiger partial charge >= 0.3 is 0 Å². The van der Waals surface area contributed by atoms with Crippen LogP contribution in [0.1, 0.15) is 28.1 Å². The molecule has 1 aromatic heterocycles. The van der Waals surface area contributed by atoms with Gasteiger partial charge in [0.05, 0.1) is 24.6 Å². The number of aliphatic hydroxyl groups is 1. The van der Waals surface area contributed by atoms with Crippen LogP contribution in [-0.4, -0.2) is 30.1 Å². The number of hydrogen-bond acceptors (Lipinski definition) is 7. The summed E-state index contributed by atoms with van der Waals surface area (Å²) < 4.78 is 10.8. The third-order valence-corrected chi connectivity index (χ3v) is 6.51. The summed E-state index contributed by atoms with van der Waals surface area (Å²) in [7, 11) is 3.22. The van der Waals surface area contributed by atoms with E-state index in [4.69, 9.17) is 14.5 Å². The first-order chi connectivity index (χ1) is 15.0. The normalized spacial score (nSPS) is 18.6. The van der Waals surface area contributed by atoms with Gasteiger partial charge in [-0.15, -0.1) is 11.3 Å². The van der Waals surface area contributed by atoms with Crippen molar-refractivity contribution < 1.29 is 14.6 Å². The highest BCUT2D eigenvalue weighted by Crippen LogP contribution is 2.51. The van der Waals surface area contributed by atoms with Gasteiger partial charge in [-0.2, -0.15) is 0 Å². The van der Waals surface area contributed by atoms with Crippen LogP contribution in [0.3, 0.4) is 0 Å². The summed E-state index contributed by atoms with van der Waals surface area (Å²) in [5, 5.41) is 13.3. The molecule has 0 saturated heterocycles. The van der Waals surface area contributed by atoms with Gasteiger partial charge in [-0.3, -0.25) is 4.99 Å². The Morgan fingerprint density at radius 3 is 2.71 bits per heavy atom. The number of benzene rings is 2. The number of hydrogen-bond donors (Lipinski definition) is 2. The summed E-state index contributed by atoms with van der Waals surface area (Å²) in [6.45, 7) is 3.65. The number of ether oxygens (including phenoxy) is 2. The van der Waals surface area contributed by atoms with Gasteiger partial charge in [-0.1, -0.05) is 24.8 Å². The number of aliphatic imine (C=N–C) groups is 1. The average Bonchev–Trinajstić information content (AvgIpc) is 3.16. The SMILES string of the molecule is C=C(O)c1cccc(C23C=C(C2)c2scnc2C(Nc2ccc(OC)c(OC)c2)=N3)c1. The van der Waals surface area contributed by atoms with E-state index in [0.29, 0.717) is 22.9 Å². The number of aromatic nitrogens is 1. The zero-order valence-corrected chi connectivity index (χ0v) is 18.0. The molecule has 3 heterocycles. The topological polar surface area (TPSA) is 76.0 Å². The van der Waals surface area contributed by atoms with E-state index in [1.165, 1.54) is 5.57 Å². The molecule has 7 heteroatoms. The first-order valence-electron chi connectivity index (χ1n) is 9.76. The van der Waals surface area contributed by atoms with Crippen LogP contribution >= 0.6 is 11.3 Å². The van der Waals surface area contributed by atoms with Crippen LogP contribution in [0.15, 0.2) is 65.6 Å². The minimum Gasteiger partial charge on any atom is -0.508 e. The molecular weight excluding hydrogens is 410 g/mol. The lowest BCUT2D eigenvalue weighted by molar-refractivity contribution is 0.355. The lowest BCUT2D eigenvalue weighted by Gasteiger charge is -2.35. The number of thiazole rings is 1. The molecule has 0 amide bonds. The van der Waals surface area contributed by atoms with Gasteiger partial charge in [-0.05, 0) is 35.4 Å². The van der Waals surface area contributed by atoms with E-state index < -0.39 is 5.54 Å². The largest absolute Gasteiger partial charge is 0.508 e. The Kier molecular flexibility index (Phi) is 4.55. The van der Waals surface area contributed by atoms with Crippen LogP contribution in [0.5, 0.6) is 11.5 Å². The Hall–Kier alpha value is -3.58. The van der Waals surface area contributed by atoms with E-state index in [1.54, 1.807) is 25.6 Å². The maximum atomic E-state index is 9.86. The molecule has 6 rings (SSSR count). The molecule has 2 N–H and O–H groups in total. The van der Waals surface area contributed by atoms with Gasteiger partial charge in [-0.25, -0.2) is 4.98 Å². The van der Waals surface area contributed by atoms with Crippen molar-refractivity contribution in [1.29, 1.82) is 0 Å². The van der Waals surface area contributed by atoms with Crippen molar-refractivity contribution in [2.75, 3.05) is 19.5 Å². The molecule has 156 valence electrons. The Balaban J connectivity index is 1.59. The third-order valence-electron chi connectivity index (χ3n) is 5.61. The summed E-state index contributed by atoms with van der Waals surface area (Å²) >= 11 is 1.62. The molecule has 2 aromatic carbocycles. The van der Waals surface area contributed by atoms with Crippen molar-refractivity contribution in [2.45, 2.75) is 12.0 Å². The quantitative estimate of drug-likeness (QED) is 0.540. The van der Waals surface area contributed by atoms with Crippen molar-refractivity contribution in [1.82, 2.24) is 4.98 Å². The van der Waals surface area contributed by atoms with Gasteiger partial charge in [0, 0.05) is 23.7 Å². The maximum Gasteiger partial charge on any atom is 0.162 e. The first-order valence-corrected chi connectivity index (χ1v) is 10.6. The predicted molar refractivity (Wildman–Crippen MR) is 124 cm³/mol. The third kappa shape index (κ3) is 3.18. The summed E-state index contributed by atoms with van der Waals surface area (Å²) in [6, 6.07) is 13.4. The van der Waals surface area contributed by atoms with E-state index in [1.807, 2.05) is 48.0 Å². The minimum atomic E-state index is -0.514.